The number of carbonyl (C=O) groups is 1. The normalized spacial score (nSPS) is 16.5. The van der Waals surface area contributed by atoms with E-state index < -0.39 is 23.2 Å². The van der Waals surface area contributed by atoms with Crippen LogP contribution in [0, 0.1) is 0 Å². The van der Waals surface area contributed by atoms with Crippen LogP contribution in [0.4, 0.5) is 10.5 Å². The fourth-order valence-corrected chi connectivity index (χ4v) is 4.05. The number of carboxylic acid groups (broad SMARTS) is 1. The lowest BCUT2D eigenvalue weighted by atomic mass is 10.00. The summed E-state index contributed by atoms with van der Waals surface area (Å²) in [6.07, 6.45) is 1.56. The van der Waals surface area contributed by atoms with Gasteiger partial charge in [-0.15, -0.1) is 0 Å². The van der Waals surface area contributed by atoms with Crippen molar-refractivity contribution in [1.29, 1.82) is 0 Å². The molecule has 8 nitrogen and oxygen atoms in total. The maximum absolute atomic E-state index is 12.3. The van der Waals surface area contributed by atoms with Crippen LogP contribution >= 0.6 is 0 Å². The van der Waals surface area contributed by atoms with E-state index in [1.807, 2.05) is 12.1 Å². The molecule has 4 N–H and O–H groups in total. The molecule has 1 aromatic heterocycles. The van der Waals surface area contributed by atoms with Gasteiger partial charge in [0.15, 0.2) is 5.75 Å². The van der Waals surface area contributed by atoms with Crippen LogP contribution in [0.1, 0.15) is 24.0 Å². The van der Waals surface area contributed by atoms with E-state index in [2.05, 4.69) is 26.0 Å². The number of ether oxygens (including phenoxy) is 1. The molecular weight excluding hydrogens is 362 g/mol. The van der Waals surface area contributed by atoms with Gasteiger partial charge in [0.1, 0.15) is 0 Å². The van der Waals surface area contributed by atoms with E-state index in [1.54, 1.807) is 0 Å². The highest BCUT2D eigenvalue weighted by molar-refractivity contribution is 5.75. The second-order valence-corrected chi connectivity index (χ2v) is 7.14. The summed E-state index contributed by atoms with van der Waals surface area (Å²) in [4.78, 5) is 28.2. The lowest BCUT2D eigenvalue weighted by molar-refractivity contribution is 0.142. The van der Waals surface area contributed by atoms with Crippen molar-refractivity contribution in [3.63, 3.8) is 0 Å². The van der Waals surface area contributed by atoms with Gasteiger partial charge in [-0.1, -0.05) is 6.07 Å². The first-order valence-electron chi connectivity index (χ1n) is 9.52. The lowest BCUT2D eigenvalue weighted by Crippen LogP contribution is -2.27. The first-order chi connectivity index (χ1) is 13.5. The van der Waals surface area contributed by atoms with Gasteiger partial charge in [-0.2, -0.15) is 0 Å². The quantitative estimate of drug-likeness (QED) is 0.585. The molecule has 2 aromatic rings. The Kier molecular flexibility index (Phi) is 4.95. The van der Waals surface area contributed by atoms with E-state index in [9.17, 15) is 14.7 Å². The third-order valence-corrected chi connectivity index (χ3v) is 5.37. The second kappa shape index (κ2) is 7.55. The van der Waals surface area contributed by atoms with Crippen molar-refractivity contribution < 1.29 is 19.7 Å². The number of aromatic hydroxyl groups is 1. The number of aromatic amines is 1. The molecule has 2 heterocycles. The fourth-order valence-electron chi connectivity index (χ4n) is 4.05. The van der Waals surface area contributed by atoms with Crippen molar-refractivity contribution in [3.8, 4) is 22.8 Å². The summed E-state index contributed by atoms with van der Waals surface area (Å²) in [5.41, 5.74) is 3.42. The molecule has 0 atom stereocenters. The predicted molar refractivity (Wildman–Crippen MR) is 105 cm³/mol. The van der Waals surface area contributed by atoms with Gasteiger partial charge in [0, 0.05) is 36.4 Å². The van der Waals surface area contributed by atoms with E-state index in [0.717, 1.165) is 62.3 Å². The Morgan fingerprint density at radius 1 is 1.14 bits per heavy atom. The van der Waals surface area contributed by atoms with Gasteiger partial charge >= 0.3 is 6.16 Å². The summed E-state index contributed by atoms with van der Waals surface area (Å²) in [6, 6.07) is 6.17. The minimum Gasteiger partial charge on any atom is -0.504 e. The lowest BCUT2D eigenvalue weighted by Gasteiger charge is -2.24. The molecule has 0 radical (unpaired) electrons. The van der Waals surface area contributed by atoms with Gasteiger partial charge in [-0.3, -0.25) is 4.79 Å². The molecule has 28 heavy (non-hydrogen) atoms. The summed E-state index contributed by atoms with van der Waals surface area (Å²) in [5, 5.41) is 22.7. The molecule has 148 valence electrons. The predicted octanol–water partition coefficient (Wildman–Crippen LogP) is 2.09. The van der Waals surface area contributed by atoms with Gasteiger partial charge in [-0.05, 0) is 49.9 Å². The Hall–Kier alpha value is -3.00. The zero-order chi connectivity index (χ0) is 19.7. The molecule has 1 aliphatic heterocycles. The van der Waals surface area contributed by atoms with Crippen molar-refractivity contribution in [2.45, 2.75) is 25.7 Å². The van der Waals surface area contributed by atoms with Crippen LogP contribution in [0.15, 0.2) is 23.0 Å². The summed E-state index contributed by atoms with van der Waals surface area (Å²) in [6.45, 7) is 3.92. The van der Waals surface area contributed by atoms with Gasteiger partial charge in [0.05, 0.1) is 5.69 Å². The number of H-pyrrole nitrogens is 1. The summed E-state index contributed by atoms with van der Waals surface area (Å²) >= 11 is 0. The number of anilines is 1. The minimum absolute atomic E-state index is 0.392. The zero-order valence-electron chi connectivity index (χ0n) is 15.5. The monoisotopic (exact) mass is 385 g/mol. The molecule has 1 aromatic carbocycles. The van der Waals surface area contributed by atoms with Crippen LogP contribution in [-0.4, -0.2) is 47.5 Å². The third-order valence-electron chi connectivity index (χ3n) is 5.37. The largest absolute Gasteiger partial charge is 0.511 e. The van der Waals surface area contributed by atoms with E-state index >= 15 is 0 Å². The number of fused-ring (bicyclic) bond motifs is 3. The fraction of sp³-hybridized carbons (Fsp3) is 0.400. The highest BCUT2D eigenvalue weighted by Gasteiger charge is 2.25. The summed E-state index contributed by atoms with van der Waals surface area (Å²) in [7, 11) is 0. The molecule has 0 saturated carbocycles. The minimum atomic E-state index is -1.63. The van der Waals surface area contributed by atoms with E-state index in [4.69, 9.17) is 5.11 Å². The molecular formula is C20H23N3O5. The number of benzene rings is 1. The Labute approximate surface area is 161 Å². The van der Waals surface area contributed by atoms with E-state index in [1.165, 1.54) is 0 Å². The average Bonchev–Trinajstić information content (AvgIpc) is 3.04. The van der Waals surface area contributed by atoms with Gasteiger partial charge in [0.25, 0.3) is 5.56 Å². The molecule has 4 rings (SSSR count). The van der Waals surface area contributed by atoms with Gasteiger partial charge in [0.2, 0.25) is 5.75 Å². The third kappa shape index (κ3) is 3.43. The van der Waals surface area contributed by atoms with Crippen LogP contribution in [0.25, 0.3) is 11.3 Å². The number of hydrogen-bond acceptors (Lipinski definition) is 6. The Morgan fingerprint density at radius 2 is 2.00 bits per heavy atom. The number of hydrogen-bond donors (Lipinski definition) is 4. The molecule has 1 fully saturated rings. The summed E-state index contributed by atoms with van der Waals surface area (Å²) in [5.74, 6) is -0.958. The molecule has 0 bridgehead atoms. The Bertz CT molecular complexity index is 961. The Morgan fingerprint density at radius 3 is 2.82 bits per heavy atom. The van der Waals surface area contributed by atoms with Crippen LogP contribution in [0.3, 0.4) is 0 Å². The molecule has 2 aliphatic rings. The van der Waals surface area contributed by atoms with E-state index in [-0.39, 0.29) is 0 Å². The molecule has 0 spiro atoms. The smallest absolute Gasteiger partial charge is 0.504 e. The topological polar surface area (TPSA) is 115 Å². The maximum atomic E-state index is 12.3. The first-order valence-corrected chi connectivity index (χ1v) is 9.52. The highest BCUT2D eigenvalue weighted by Crippen LogP contribution is 2.39. The number of aromatic nitrogens is 1. The van der Waals surface area contributed by atoms with E-state index in [0.29, 0.717) is 17.7 Å². The molecule has 0 unspecified atom stereocenters. The number of rotatable bonds is 2. The van der Waals surface area contributed by atoms with Crippen LogP contribution in [-0.2, 0) is 12.8 Å². The van der Waals surface area contributed by atoms with Crippen molar-refractivity contribution in [3.05, 3.63) is 39.7 Å². The van der Waals surface area contributed by atoms with Crippen LogP contribution in [0.5, 0.6) is 11.5 Å². The van der Waals surface area contributed by atoms with Crippen molar-refractivity contribution >= 4 is 11.8 Å². The van der Waals surface area contributed by atoms with Gasteiger partial charge in [-0.25, -0.2) is 4.79 Å². The Balaban J connectivity index is 1.77. The molecule has 8 heteroatoms. The van der Waals surface area contributed by atoms with Crippen LogP contribution < -0.4 is 20.5 Å². The standard InChI is InChI=1S/C20H23N3O5/c24-17-15-4-1-3-12-11-13(23-9-2-7-21-8-10-23)5-6-14(12)16(15)22-19(25)18(17)28-20(26)27/h5-6,11,21H,1-4,7-10H2,(H,26,27)(H2,22,24,25). The number of aryl methyl sites for hydroxylation is 1. The number of nitrogens with one attached hydrogen (secondary N) is 2. The van der Waals surface area contributed by atoms with Crippen molar-refractivity contribution in [1.82, 2.24) is 10.3 Å². The molecule has 0 amide bonds. The average molecular weight is 385 g/mol. The number of pyridine rings is 1. The SMILES string of the molecule is O=C(O)Oc1c(O)c2c([nH]c1=O)-c1ccc(N3CCCNCC3)cc1CCC2. The zero-order valence-corrected chi connectivity index (χ0v) is 15.5. The second-order valence-electron chi connectivity index (χ2n) is 7.14. The van der Waals surface area contributed by atoms with Crippen molar-refractivity contribution in [2.24, 2.45) is 0 Å². The molecule has 1 saturated heterocycles. The maximum Gasteiger partial charge on any atom is 0.511 e. The molecule has 1 aliphatic carbocycles. The van der Waals surface area contributed by atoms with Gasteiger partial charge < -0.3 is 30.2 Å². The highest BCUT2D eigenvalue weighted by atomic mass is 16.7. The first kappa shape index (κ1) is 18.4. The number of nitrogens with zero attached hydrogens (tertiary/aromatic N) is 1. The van der Waals surface area contributed by atoms with Crippen molar-refractivity contribution in [2.75, 3.05) is 31.1 Å². The summed E-state index contributed by atoms with van der Waals surface area (Å²) < 4.78 is 4.49. The van der Waals surface area contributed by atoms with Crippen LogP contribution in [0.2, 0.25) is 0 Å².